The molecule has 38 heavy (non-hydrogen) atoms. The van der Waals surface area contributed by atoms with E-state index in [1.165, 1.54) is 35.6 Å². The standard InChI is InChI=1S/C27H24ClN5O4S/c28-25-10-9-24(38-25)27(35)31-13-11-19(12-14-31)18-1-5-22(6-2-18)32(16-21-15-29-17-30-21)26(34)20-3-7-23(8-4-20)33(36)37/h1-10,15,17,19H,11-14,16H2,(H,29,30). The van der Waals surface area contributed by atoms with Gasteiger partial charge >= 0.3 is 0 Å². The first-order valence-electron chi connectivity index (χ1n) is 12.1. The van der Waals surface area contributed by atoms with Gasteiger partial charge in [0.05, 0.1) is 32.7 Å². The predicted molar refractivity (Wildman–Crippen MR) is 146 cm³/mol. The van der Waals surface area contributed by atoms with E-state index in [9.17, 15) is 19.7 Å². The van der Waals surface area contributed by atoms with Crippen molar-refractivity contribution in [1.82, 2.24) is 14.9 Å². The number of likely N-dealkylation sites (tertiary alicyclic amines) is 1. The lowest BCUT2D eigenvalue weighted by molar-refractivity contribution is -0.384. The second kappa shape index (κ2) is 11.2. The Hall–Kier alpha value is -4.02. The third-order valence-corrected chi connectivity index (χ3v) is 7.92. The van der Waals surface area contributed by atoms with Crippen LogP contribution in [0.1, 0.15) is 50.0 Å². The number of carbonyl (C=O) groups excluding carboxylic acids is 2. The number of hydrogen-bond acceptors (Lipinski definition) is 6. The first kappa shape index (κ1) is 25.6. The number of nitro benzene ring substituents is 1. The Morgan fingerprint density at radius 1 is 1.08 bits per heavy atom. The van der Waals surface area contributed by atoms with Crippen LogP contribution in [0.4, 0.5) is 11.4 Å². The molecule has 1 aliphatic heterocycles. The van der Waals surface area contributed by atoms with E-state index in [2.05, 4.69) is 9.97 Å². The third kappa shape index (κ3) is 5.61. The largest absolute Gasteiger partial charge is 0.347 e. The number of aromatic nitrogens is 2. The molecule has 0 unspecified atom stereocenters. The summed E-state index contributed by atoms with van der Waals surface area (Å²) in [7, 11) is 0. The molecule has 0 aliphatic carbocycles. The van der Waals surface area contributed by atoms with Crippen LogP contribution >= 0.6 is 22.9 Å². The summed E-state index contributed by atoms with van der Waals surface area (Å²) >= 11 is 7.29. The van der Waals surface area contributed by atoms with Crippen molar-refractivity contribution in [3.05, 3.63) is 109 Å². The van der Waals surface area contributed by atoms with Crippen LogP contribution in [0.15, 0.2) is 73.2 Å². The van der Waals surface area contributed by atoms with Crippen molar-refractivity contribution >= 4 is 46.1 Å². The molecule has 2 amide bonds. The summed E-state index contributed by atoms with van der Waals surface area (Å²) in [6.07, 6.45) is 4.91. The average Bonchev–Trinajstić information content (AvgIpc) is 3.63. The molecular formula is C27H24ClN5O4S. The SMILES string of the molecule is O=C(c1ccc(Cl)s1)N1CCC(c2ccc(N(Cc3cnc[nH]3)C(=O)c3ccc([N+](=O)[O-])cc3)cc2)CC1. The van der Waals surface area contributed by atoms with Crippen LogP contribution in [0.25, 0.3) is 0 Å². The normalized spacial score (nSPS) is 13.9. The van der Waals surface area contributed by atoms with E-state index in [0.29, 0.717) is 39.5 Å². The lowest BCUT2D eigenvalue weighted by Crippen LogP contribution is -2.37. The van der Waals surface area contributed by atoms with Crippen molar-refractivity contribution in [2.45, 2.75) is 25.3 Å². The first-order valence-corrected chi connectivity index (χ1v) is 13.3. The second-order valence-electron chi connectivity index (χ2n) is 9.03. The maximum atomic E-state index is 13.4. The zero-order chi connectivity index (χ0) is 26.6. The number of hydrogen-bond donors (Lipinski definition) is 1. The fourth-order valence-corrected chi connectivity index (χ4v) is 5.64. The first-order chi connectivity index (χ1) is 18.4. The maximum absolute atomic E-state index is 13.4. The number of halogens is 1. The number of non-ortho nitro benzene ring substituents is 1. The molecule has 0 atom stereocenters. The fourth-order valence-electron chi connectivity index (χ4n) is 4.63. The van der Waals surface area contributed by atoms with Crippen molar-refractivity contribution < 1.29 is 14.5 Å². The van der Waals surface area contributed by atoms with Gasteiger partial charge in [0, 0.05) is 42.7 Å². The highest BCUT2D eigenvalue weighted by Gasteiger charge is 2.26. The molecule has 11 heteroatoms. The summed E-state index contributed by atoms with van der Waals surface area (Å²) in [5, 5.41) is 11.0. The van der Waals surface area contributed by atoms with Crippen LogP contribution in [-0.4, -0.2) is 44.7 Å². The minimum atomic E-state index is -0.493. The van der Waals surface area contributed by atoms with Crippen LogP contribution < -0.4 is 4.90 Å². The van der Waals surface area contributed by atoms with E-state index in [1.54, 1.807) is 29.6 Å². The van der Waals surface area contributed by atoms with Gasteiger partial charge in [-0.3, -0.25) is 19.7 Å². The Labute approximate surface area is 227 Å². The van der Waals surface area contributed by atoms with Gasteiger partial charge in [-0.05, 0) is 60.7 Å². The molecule has 0 saturated carbocycles. The number of carbonyl (C=O) groups is 2. The zero-order valence-electron chi connectivity index (χ0n) is 20.2. The summed E-state index contributed by atoms with van der Waals surface area (Å²) < 4.78 is 0.608. The zero-order valence-corrected chi connectivity index (χ0v) is 21.8. The fraction of sp³-hybridized carbons (Fsp3) is 0.222. The Morgan fingerprint density at radius 3 is 2.37 bits per heavy atom. The van der Waals surface area contributed by atoms with Gasteiger partial charge in [0.15, 0.2) is 0 Å². The van der Waals surface area contributed by atoms with E-state index in [4.69, 9.17) is 11.6 Å². The third-order valence-electron chi connectivity index (χ3n) is 6.70. The van der Waals surface area contributed by atoms with Gasteiger partial charge in [-0.15, -0.1) is 11.3 Å². The molecule has 2 aromatic heterocycles. The molecule has 0 radical (unpaired) electrons. The Bertz CT molecular complexity index is 1430. The summed E-state index contributed by atoms with van der Waals surface area (Å²) in [6, 6.07) is 17.0. The van der Waals surface area contributed by atoms with E-state index in [1.807, 2.05) is 29.2 Å². The molecule has 3 heterocycles. The monoisotopic (exact) mass is 549 g/mol. The van der Waals surface area contributed by atoms with E-state index < -0.39 is 4.92 Å². The minimum absolute atomic E-state index is 0.0231. The summed E-state index contributed by atoms with van der Waals surface area (Å²) in [5.41, 5.74) is 2.90. The van der Waals surface area contributed by atoms with Gasteiger partial charge in [-0.25, -0.2) is 4.98 Å². The lowest BCUT2D eigenvalue weighted by Gasteiger charge is -2.32. The summed E-state index contributed by atoms with van der Waals surface area (Å²) in [5.74, 6) is 0.0594. The van der Waals surface area contributed by atoms with Crippen LogP contribution in [0.5, 0.6) is 0 Å². The molecule has 1 saturated heterocycles. The number of nitrogens with zero attached hydrogens (tertiary/aromatic N) is 4. The number of nitrogens with one attached hydrogen (secondary N) is 1. The molecule has 4 aromatic rings. The highest BCUT2D eigenvalue weighted by molar-refractivity contribution is 7.17. The van der Waals surface area contributed by atoms with E-state index in [-0.39, 0.29) is 24.0 Å². The number of thiophene rings is 1. The van der Waals surface area contributed by atoms with Crippen LogP contribution in [0.2, 0.25) is 4.34 Å². The molecule has 1 N–H and O–H groups in total. The smallest absolute Gasteiger partial charge is 0.269 e. The van der Waals surface area contributed by atoms with Crippen molar-refractivity contribution in [2.24, 2.45) is 0 Å². The minimum Gasteiger partial charge on any atom is -0.347 e. The van der Waals surface area contributed by atoms with Gasteiger partial charge in [0.25, 0.3) is 17.5 Å². The van der Waals surface area contributed by atoms with Gasteiger partial charge in [0.1, 0.15) is 0 Å². The molecule has 194 valence electrons. The molecule has 1 fully saturated rings. The Balaban J connectivity index is 1.29. The lowest BCUT2D eigenvalue weighted by atomic mass is 9.89. The number of benzene rings is 2. The van der Waals surface area contributed by atoms with Crippen molar-refractivity contribution in [2.75, 3.05) is 18.0 Å². The number of piperidine rings is 1. The van der Waals surface area contributed by atoms with Crippen LogP contribution in [-0.2, 0) is 6.54 Å². The number of rotatable bonds is 7. The molecule has 2 aromatic carbocycles. The summed E-state index contributed by atoms with van der Waals surface area (Å²) in [4.78, 5) is 47.9. The van der Waals surface area contributed by atoms with Gasteiger partial charge in [0.2, 0.25) is 0 Å². The number of aromatic amines is 1. The molecule has 0 bridgehead atoms. The average molecular weight is 550 g/mol. The number of imidazole rings is 1. The number of amides is 2. The highest BCUT2D eigenvalue weighted by Crippen LogP contribution is 2.32. The Morgan fingerprint density at radius 2 is 1.79 bits per heavy atom. The van der Waals surface area contributed by atoms with Crippen molar-refractivity contribution in [3.63, 3.8) is 0 Å². The van der Waals surface area contributed by atoms with Crippen LogP contribution in [0, 0.1) is 10.1 Å². The molecule has 0 spiro atoms. The maximum Gasteiger partial charge on any atom is 0.269 e. The van der Waals surface area contributed by atoms with Crippen LogP contribution in [0.3, 0.4) is 0 Å². The second-order valence-corrected chi connectivity index (χ2v) is 10.7. The molecule has 1 aliphatic rings. The van der Waals surface area contributed by atoms with Gasteiger partial charge in [-0.1, -0.05) is 23.7 Å². The predicted octanol–water partition coefficient (Wildman–Crippen LogP) is 5.90. The van der Waals surface area contributed by atoms with Gasteiger partial charge in [-0.2, -0.15) is 0 Å². The van der Waals surface area contributed by atoms with Crippen molar-refractivity contribution in [3.8, 4) is 0 Å². The Kier molecular flexibility index (Phi) is 7.52. The van der Waals surface area contributed by atoms with E-state index in [0.717, 1.165) is 24.1 Å². The van der Waals surface area contributed by atoms with Crippen molar-refractivity contribution in [1.29, 1.82) is 0 Å². The van der Waals surface area contributed by atoms with E-state index >= 15 is 0 Å². The number of H-pyrrole nitrogens is 1. The molecule has 5 rings (SSSR count). The quantitative estimate of drug-likeness (QED) is 0.228. The topological polar surface area (TPSA) is 112 Å². The highest BCUT2D eigenvalue weighted by atomic mass is 35.5. The summed E-state index contributed by atoms with van der Waals surface area (Å²) in [6.45, 7) is 1.61. The number of nitro groups is 1. The molecular weight excluding hydrogens is 526 g/mol. The molecule has 9 nitrogen and oxygen atoms in total. The van der Waals surface area contributed by atoms with Gasteiger partial charge < -0.3 is 14.8 Å². The number of anilines is 1.